The van der Waals surface area contributed by atoms with Gasteiger partial charge in [0.2, 0.25) is 11.8 Å². The first-order chi connectivity index (χ1) is 28.4. The number of cyclic esters (lactones) is 1. The van der Waals surface area contributed by atoms with Crippen molar-refractivity contribution in [1.29, 1.82) is 0 Å². The highest BCUT2D eigenvalue weighted by Gasteiger charge is 2.80. The number of aliphatic hydroxyl groups is 1. The number of nitrogens with zero attached hydrogens (tertiary/aromatic N) is 3. The monoisotopic (exact) mass is 812 g/mol. The Hall–Kier alpha value is -2.28. The number of amides is 3. The summed E-state index contributed by atoms with van der Waals surface area (Å²) in [6, 6.07) is -1.99. The molecule has 8 fully saturated rings. The molecule has 4 aliphatic carbocycles. The van der Waals surface area contributed by atoms with Gasteiger partial charge in [-0.2, -0.15) is 0 Å². The second-order valence-electron chi connectivity index (χ2n) is 19.4. The molecule has 0 aromatic heterocycles. The number of hydrogen-bond acceptors (Lipinski definition) is 10. The summed E-state index contributed by atoms with van der Waals surface area (Å²) in [4.78, 5) is 68.1. The number of rotatable bonds is 10. The summed E-state index contributed by atoms with van der Waals surface area (Å²) in [6.07, 6.45) is 21.3. The Morgan fingerprint density at radius 1 is 0.741 bits per heavy atom. The van der Waals surface area contributed by atoms with Crippen molar-refractivity contribution in [1.82, 2.24) is 14.7 Å². The maximum absolute atomic E-state index is 16.3. The van der Waals surface area contributed by atoms with Crippen LogP contribution in [-0.4, -0.2) is 127 Å². The van der Waals surface area contributed by atoms with Crippen molar-refractivity contribution in [2.45, 2.75) is 184 Å². The molecule has 0 radical (unpaired) electrons. The van der Waals surface area contributed by atoms with Crippen molar-refractivity contribution in [2.24, 2.45) is 35.0 Å². The molecule has 0 bridgehead atoms. The zero-order chi connectivity index (χ0) is 40.2. The van der Waals surface area contributed by atoms with Crippen LogP contribution in [0, 0.1) is 35.0 Å². The molecule has 12 heteroatoms. The van der Waals surface area contributed by atoms with Gasteiger partial charge in [0.15, 0.2) is 0 Å². The molecule has 326 valence electrons. The molecule has 4 unspecified atom stereocenters. The largest absolute Gasteiger partial charge is 0.459 e. The van der Waals surface area contributed by atoms with Crippen LogP contribution in [0.1, 0.15) is 148 Å². The van der Waals surface area contributed by atoms with E-state index in [1.54, 1.807) is 7.11 Å². The molecular weight excluding hydrogens is 739 g/mol. The average Bonchev–Trinajstić information content (AvgIpc) is 3.69. The highest BCUT2D eigenvalue weighted by atomic mass is 16.6. The number of ether oxygens (including phenoxy) is 4. The summed E-state index contributed by atoms with van der Waals surface area (Å²) in [7, 11) is 1.56. The van der Waals surface area contributed by atoms with Crippen LogP contribution in [0.25, 0.3) is 0 Å². The third-order valence-corrected chi connectivity index (χ3v) is 16.4. The van der Waals surface area contributed by atoms with Crippen LogP contribution in [0.3, 0.4) is 0 Å². The zero-order valence-electron chi connectivity index (χ0n) is 35.4. The number of esters is 1. The molecule has 8 aliphatic rings. The number of imide groups is 1. The van der Waals surface area contributed by atoms with Crippen LogP contribution in [0.15, 0.2) is 0 Å². The molecule has 1 N–H and O–H groups in total. The lowest BCUT2D eigenvalue weighted by Gasteiger charge is -2.54. The van der Waals surface area contributed by atoms with Crippen molar-refractivity contribution >= 4 is 23.9 Å². The van der Waals surface area contributed by atoms with E-state index < -0.39 is 35.6 Å². The van der Waals surface area contributed by atoms with Gasteiger partial charge >= 0.3 is 12.1 Å². The standard InChI is InChI=1S/C46H73N3O9/c1-55-29-30-57-45(54)48-35-23-13-12-22-34(35)46(44(48)53)37(42(51)47-25-15-3-2-4-16-26-47)39-43(52)58-40(32-19-9-6-10-20-32)38(31-17-7-5-8-18-31)49(39)41(46)33-21-11-14-24-36(33)56-28-27-50/h31-41,50H,2-30H2,1H3/t33?,34?,35?,36?,37-,38-,39-,40+,41+,46-/m1/s1. The molecular formula is C46H73N3O9. The van der Waals surface area contributed by atoms with Gasteiger partial charge in [0, 0.05) is 38.2 Å². The Labute approximate surface area is 346 Å². The van der Waals surface area contributed by atoms with E-state index in [9.17, 15) is 9.90 Å². The van der Waals surface area contributed by atoms with Gasteiger partial charge in [-0.05, 0) is 82.0 Å². The summed E-state index contributed by atoms with van der Waals surface area (Å²) in [6.45, 7) is 1.53. The minimum atomic E-state index is -1.36. The van der Waals surface area contributed by atoms with E-state index in [1.165, 1.54) is 17.7 Å². The molecule has 4 saturated carbocycles. The average molecular weight is 812 g/mol. The molecule has 12 nitrogen and oxygen atoms in total. The van der Waals surface area contributed by atoms with E-state index in [2.05, 4.69) is 4.90 Å². The number of fused-ring (bicyclic) bond motifs is 3. The highest BCUT2D eigenvalue weighted by molar-refractivity contribution is 6.04. The maximum atomic E-state index is 16.3. The first-order valence-corrected chi connectivity index (χ1v) is 23.9. The minimum absolute atomic E-state index is 0.0245. The Kier molecular flexibility index (Phi) is 14.0. The number of carbonyl (C=O) groups excluding carboxylic acids is 4. The summed E-state index contributed by atoms with van der Waals surface area (Å²) < 4.78 is 24.6. The van der Waals surface area contributed by atoms with Crippen LogP contribution in [0.5, 0.6) is 0 Å². The molecule has 0 aromatic carbocycles. The number of hydrogen-bond donors (Lipinski definition) is 1. The first-order valence-electron chi connectivity index (χ1n) is 23.9. The quantitative estimate of drug-likeness (QED) is 0.189. The van der Waals surface area contributed by atoms with E-state index >= 15 is 14.4 Å². The summed E-state index contributed by atoms with van der Waals surface area (Å²) >= 11 is 0. The third kappa shape index (κ3) is 7.76. The van der Waals surface area contributed by atoms with Crippen molar-refractivity contribution in [2.75, 3.05) is 46.6 Å². The predicted octanol–water partition coefficient (Wildman–Crippen LogP) is 6.64. The van der Waals surface area contributed by atoms with E-state index in [0.717, 1.165) is 122 Å². The van der Waals surface area contributed by atoms with Crippen molar-refractivity contribution in [3.63, 3.8) is 0 Å². The fourth-order valence-corrected chi connectivity index (χ4v) is 14.1. The normalized spacial score (nSPS) is 38.2. The van der Waals surface area contributed by atoms with E-state index in [1.807, 2.05) is 4.90 Å². The number of likely N-dealkylation sites (tertiary alicyclic amines) is 2. The van der Waals surface area contributed by atoms with Gasteiger partial charge < -0.3 is 29.0 Å². The zero-order valence-corrected chi connectivity index (χ0v) is 35.4. The second-order valence-corrected chi connectivity index (χ2v) is 19.4. The maximum Gasteiger partial charge on any atom is 0.416 e. The van der Waals surface area contributed by atoms with Gasteiger partial charge in [-0.25, -0.2) is 9.69 Å². The van der Waals surface area contributed by atoms with Crippen LogP contribution in [0.4, 0.5) is 4.79 Å². The van der Waals surface area contributed by atoms with Crippen LogP contribution in [0.2, 0.25) is 0 Å². The fraction of sp³-hybridized carbons (Fsp3) is 0.913. The van der Waals surface area contributed by atoms with Crippen LogP contribution < -0.4 is 0 Å². The van der Waals surface area contributed by atoms with Crippen LogP contribution in [-0.2, 0) is 33.3 Å². The van der Waals surface area contributed by atoms with Crippen molar-refractivity contribution in [3.8, 4) is 0 Å². The third-order valence-electron chi connectivity index (χ3n) is 16.4. The van der Waals surface area contributed by atoms with Crippen molar-refractivity contribution < 1.29 is 43.2 Å². The Morgan fingerprint density at radius 3 is 2.07 bits per heavy atom. The fourth-order valence-electron chi connectivity index (χ4n) is 14.1. The molecule has 4 aliphatic heterocycles. The Balaban J connectivity index is 1.35. The Bertz CT molecular complexity index is 1430. The number of methoxy groups -OCH3 is 1. The Morgan fingerprint density at radius 2 is 1.36 bits per heavy atom. The topological polar surface area (TPSA) is 135 Å². The van der Waals surface area contributed by atoms with E-state index in [-0.39, 0.29) is 86.1 Å². The molecule has 3 amide bonds. The molecule has 1 spiro atoms. The summed E-state index contributed by atoms with van der Waals surface area (Å²) in [5, 5.41) is 10.1. The molecule has 4 saturated heterocycles. The van der Waals surface area contributed by atoms with Crippen LogP contribution >= 0.6 is 0 Å². The summed E-state index contributed by atoms with van der Waals surface area (Å²) in [5.74, 6) is -1.77. The van der Waals surface area contributed by atoms with Gasteiger partial charge in [0.05, 0.1) is 43.3 Å². The number of aliphatic hydroxyl groups excluding tert-OH is 1. The van der Waals surface area contributed by atoms with Gasteiger partial charge in [0.1, 0.15) is 18.8 Å². The predicted molar refractivity (Wildman–Crippen MR) is 216 cm³/mol. The molecule has 4 heterocycles. The smallest absolute Gasteiger partial charge is 0.416 e. The minimum Gasteiger partial charge on any atom is -0.459 e. The highest BCUT2D eigenvalue weighted by Crippen LogP contribution is 2.66. The van der Waals surface area contributed by atoms with E-state index in [0.29, 0.717) is 25.9 Å². The van der Waals surface area contributed by atoms with E-state index in [4.69, 9.17) is 18.9 Å². The lowest BCUT2D eigenvalue weighted by atomic mass is 9.56. The lowest BCUT2D eigenvalue weighted by Crippen LogP contribution is -2.66. The molecule has 0 aromatic rings. The van der Waals surface area contributed by atoms with Gasteiger partial charge in [-0.15, -0.1) is 0 Å². The number of carbonyl (C=O) groups is 4. The molecule has 8 rings (SSSR count). The first kappa shape index (κ1) is 42.4. The van der Waals surface area contributed by atoms with Gasteiger partial charge in [-0.3, -0.25) is 19.3 Å². The SMILES string of the molecule is COCCOC(=O)N1C(=O)[C@@]2(C3CCCCC31)[C@H](C1CCCCC1OCCO)N1[C@H](C3CCCCC3)[C@H](C3CCCCC3)OC(=O)[C@H]1[C@@H]2C(=O)N1CCCCCCC1. The second kappa shape index (κ2) is 19.2. The van der Waals surface area contributed by atoms with Gasteiger partial charge in [0.25, 0.3) is 0 Å². The summed E-state index contributed by atoms with van der Waals surface area (Å²) in [5.41, 5.74) is -1.36. The number of morpholine rings is 1. The lowest BCUT2D eigenvalue weighted by molar-refractivity contribution is -0.193. The molecule has 10 atom stereocenters. The van der Waals surface area contributed by atoms with Crippen molar-refractivity contribution in [3.05, 3.63) is 0 Å². The van der Waals surface area contributed by atoms with Gasteiger partial charge in [-0.1, -0.05) is 83.5 Å². The molecule has 58 heavy (non-hydrogen) atoms.